The van der Waals surface area contributed by atoms with Crippen molar-refractivity contribution in [2.45, 2.75) is 64.8 Å². The van der Waals surface area contributed by atoms with Crippen molar-refractivity contribution in [3.05, 3.63) is 72.4 Å². The Balaban J connectivity index is 0.000000239. The number of aromatic nitrogens is 5. The SMILES string of the molecule is CCc1nc2ccccc2n1CCC(N)=O.CNC.COc1nc2ccccc2cc1-c1cnc(CCCCCCC=O)[nH]1. The number of benzene rings is 2. The van der Waals surface area contributed by atoms with E-state index in [0.29, 0.717) is 25.3 Å². The first-order valence-corrected chi connectivity index (χ1v) is 15.2. The van der Waals surface area contributed by atoms with E-state index >= 15 is 0 Å². The van der Waals surface area contributed by atoms with E-state index in [9.17, 15) is 9.59 Å². The molecule has 0 saturated heterocycles. The zero-order valence-corrected chi connectivity index (χ0v) is 26.3. The molecule has 1 amide bonds. The number of aryl methyl sites for hydroxylation is 3. The minimum atomic E-state index is -0.278. The van der Waals surface area contributed by atoms with Crippen LogP contribution in [-0.4, -0.2) is 57.9 Å². The van der Waals surface area contributed by atoms with Gasteiger partial charge in [0.05, 0.1) is 41.1 Å². The molecular weight excluding hydrogens is 554 g/mol. The van der Waals surface area contributed by atoms with Crippen LogP contribution in [0.2, 0.25) is 0 Å². The highest BCUT2D eigenvalue weighted by atomic mass is 16.5. The molecule has 234 valence electrons. The maximum Gasteiger partial charge on any atom is 0.223 e. The molecule has 0 aliphatic rings. The third kappa shape index (κ3) is 9.74. The summed E-state index contributed by atoms with van der Waals surface area (Å²) in [5.41, 5.74) is 9.98. The van der Waals surface area contributed by atoms with E-state index in [4.69, 9.17) is 10.5 Å². The molecule has 5 aromatic rings. The smallest absolute Gasteiger partial charge is 0.223 e. The fourth-order valence-corrected chi connectivity index (χ4v) is 4.81. The van der Waals surface area contributed by atoms with Gasteiger partial charge in [0.15, 0.2) is 0 Å². The number of pyridine rings is 1. The number of hydrogen-bond donors (Lipinski definition) is 3. The maximum absolute atomic E-state index is 10.8. The number of para-hydroxylation sites is 3. The Hall–Kier alpha value is -4.57. The van der Waals surface area contributed by atoms with Gasteiger partial charge in [-0.2, -0.15) is 0 Å². The van der Waals surface area contributed by atoms with E-state index in [1.807, 2.05) is 68.8 Å². The zero-order valence-electron chi connectivity index (χ0n) is 26.3. The van der Waals surface area contributed by atoms with E-state index in [0.717, 1.165) is 89.7 Å². The molecule has 0 radical (unpaired) electrons. The first-order chi connectivity index (χ1) is 21.4. The molecule has 0 unspecified atom stereocenters. The van der Waals surface area contributed by atoms with E-state index in [1.54, 1.807) is 7.11 Å². The lowest BCUT2D eigenvalue weighted by atomic mass is 10.1. The summed E-state index contributed by atoms with van der Waals surface area (Å²) in [5.74, 6) is 2.30. The van der Waals surface area contributed by atoms with Crippen LogP contribution in [0.3, 0.4) is 0 Å². The van der Waals surface area contributed by atoms with Gasteiger partial charge in [-0.15, -0.1) is 0 Å². The Morgan fingerprint density at radius 1 is 1.02 bits per heavy atom. The molecule has 0 aliphatic heterocycles. The summed E-state index contributed by atoms with van der Waals surface area (Å²) in [6, 6.07) is 18.0. The van der Waals surface area contributed by atoms with Crippen molar-refractivity contribution < 1.29 is 14.3 Å². The predicted molar refractivity (Wildman–Crippen MR) is 177 cm³/mol. The maximum atomic E-state index is 10.8. The van der Waals surface area contributed by atoms with Crippen molar-refractivity contribution in [2.75, 3.05) is 21.2 Å². The number of nitrogens with two attached hydrogens (primary N) is 1. The first kappa shape index (κ1) is 33.9. The van der Waals surface area contributed by atoms with E-state index in [1.165, 1.54) is 0 Å². The molecule has 10 nitrogen and oxygen atoms in total. The summed E-state index contributed by atoms with van der Waals surface area (Å²) in [6.07, 6.45) is 9.87. The lowest BCUT2D eigenvalue weighted by Crippen LogP contribution is -2.15. The van der Waals surface area contributed by atoms with E-state index in [-0.39, 0.29) is 5.91 Å². The molecule has 3 aromatic heterocycles. The number of methoxy groups -OCH3 is 1. The number of rotatable bonds is 13. The molecule has 0 fully saturated rings. The van der Waals surface area contributed by atoms with Gasteiger partial charge >= 0.3 is 0 Å². The predicted octanol–water partition coefficient (Wildman–Crippen LogP) is 5.64. The zero-order chi connectivity index (χ0) is 31.7. The molecule has 2 aromatic carbocycles. The number of H-pyrrole nitrogens is 1. The number of hydrogen-bond acceptors (Lipinski definition) is 7. The summed E-state index contributed by atoms with van der Waals surface area (Å²) in [7, 11) is 5.39. The number of ether oxygens (including phenoxy) is 1. The van der Waals surface area contributed by atoms with Crippen molar-refractivity contribution in [1.29, 1.82) is 0 Å². The highest BCUT2D eigenvalue weighted by Crippen LogP contribution is 2.30. The molecule has 5 rings (SSSR count). The second-order valence-electron chi connectivity index (χ2n) is 10.3. The molecular formula is C34H45N7O3. The third-order valence-corrected chi connectivity index (χ3v) is 6.92. The average Bonchev–Trinajstić information content (AvgIpc) is 3.66. The van der Waals surface area contributed by atoms with Crippen molar-refractivity contribution in [3.63, 3.8) is 0 Å². The fraction of sp³-hybridized carbons (Fsp3) is 0.382. The summed E-state index contributed by atoms with van der Waals surface area (Å²) in [6.45, 7) is 2.67. The standard InChI is InChI=1S/C20H23N3O2.C12H15N3O.C2H7N/c1-25-20-16(13-15-9-6-7-10-17(15)23-20)18-14-21-19(22-18)11-5-3-2-4-8-12-24;1-2-12-14-9-5-3-4-6-10(9)15(12)8-7-11(13)16;1-3-2/h6-7,9-10,12-14H,2-5,8,11H2,1H3,(H,21,22);3-6H,2,7-8H2,1H3,(H2,13,16);3H,1-2H3. The minimum absolute atomic E-state index is 0.278. The Labute approximate surface area is 259 Å². The highest BCUT2D eigenvalue weighted by molar-refractivity contribution is 5.85. The van der Waals surface area contributed by atoms with E-state index < -0.39 is 0 Å². The van der Waals surface area contributed by atoms with Gasteiger partial charge in [-0.1, -0.05) is 50.1 Å². The van der Waals surface area contributed by atoms with Crippen LogP contribution in [-0.2, 0) is 29.0 Å². The molecule has 44 heavy (non-hydrogen) atoms. The van der Waals surface area contributed by atoms with Gasteiger partial charge in [-0.25, -0.2) is 15.0 Å². The van der Waals surface area contributed by atoms with Gasteiger partial charge in [-0.05, 0) is 51.2 Å². The van der Waals surface area contributed by atoms with Crippen molar-refractivity contribution >= 4 is 34.1 Å². The molecule has 4 N–H and O–H groups in total. The number of carbonyl (C=O) groups is 2. The topological polar surface area (TPSA) is 141 Å². The van der Waals surface area contributed by atoms with Crippen LogP contribution in [0.1, 0.15) is 57.1 Å². The van der Waals surface area contributed by atoms with Gasteiger partial charge in [-0.3, -0.25) is 4.79 Å². The third-order valence-electron chi connectivity index (χ3n) is 6.92. The molecule has 3 heterocycles. The normalized spacial score (nSPS) is 10.5. The van der Waals surface area contributed by atoms with Crippen LogP contribution < -0.4 is 15.8 Å². The van der Waals surface area contributed by atoms with Gasteiger partial charge < -0.3 is 30.1 Å². The molecule has 0 aliphatic carbocycles. The van der Waals surface area contributed by atoms with Gasteiger partial charge in [0.2, 0.25) is 11.8 Å². The van der Waals surface area contributed by atoms with Gasteiger partial charge in [0.25, 0.3) is 0 Å². The molecule has 0 bridgehead atoms. The number of fused-ring (bicyclic) bond motifs is 2. The summed E-state index contributed by atoms with van der Waals surface area (Å²) in [5, 5.41) is 3.82. The highest BCUT2D eigenvalue weighted by Gasteiger charge is 2.12. The fourth-order valence-electron chi connectivity index (χ4n) is 4.81. The number of carbonyl (C=O) groups excluding carboxylic acids is 2. The van der Waals surface area contributed by atoms with Gasteiger partial charge in [0, 0.05) is 37.6 Å². The Kier molecular flexibility index (Phi) is 14.0. The number of amides is 1. The second-order valence-corrected chi connectivity index (χ2v) is 10.3. The van der Waals surface area contributed by atoms with Crippen LogP contribution in [0, 0.1) is 0 Å². The second kappa shape index (κ2) is 18.2. The number of nitrogens with one attached hydrogen (secondary N) is 2. The monoisotopic (exact) mass is 599 g/mol. The largest absolute Gasteiger partial charge is 0.480 e. The van der Waals surface area contributed by atoms with Crippen LogP contribution in [0.4, 0.5) is 0 Å². The Morgan fingerprint density at radius 3 is 2.43 bits per heavy atom. The first-order valence-electron chi connectivity index (χ1n) is 15.2. The van der Waals surface area contributed by atoms with Crippen molar-refractivity contribution in [2.24, 2.45) is 5.73 Å². The average molecular weight is 600 g/mol. The summed E-state index contributed by atoms with van der Waals surface area (Å²) in [4.78, 5) is 38.1. The van der Waals surface area contributed by atoms with Gasteiger partial charge in [0.1, 0.15) is 17.9 Å². The number of nitrogens with zero attached hydrogens (tertiary/aromatic N) is 4. The summed E-state index contributed by atoms with van der Waals surface area (Å²) >= 11 is 0. The minimum Gasteiger partial charge on any atom is -0.480 e. The lowest BCUT2D eigenvalue weighted by Gasteiger charge is -2.07. The Bertz CT molecular complexity index is 1610. The lowest BCUT2D eigenvalue weighted by molar-refractivity contribution is -0.118. The van der Waals surface area contributed by atoms with Crippen LogP contribution >= 0.6 is 0 Å². The quantitative estimate of drug-likeness (QED) is 0.118. The number of aldehydes is 1. The van der Waals surface area contributed by atoms with Crippen molar-refractivity contribution in [3.8, 4) is 17.1 Å². The number of primary amides is 1. The molecule has 0 atom stereocenters. The Morgan fingerprint density at radius 2 is 1.73 bits per heavy atom. The van der Waals surface area contributed by atoms with Crippen LogP contribution in [0.5, 0.6) is 5.88 Å². The molecule has 10 heteroatoms. The number of aromatic amines is 1. The molecule has 0 saturated carbocycles. The number of unbranched alkanes of at least 4 members (excludes halogenated alkanes) is 4. The van der Waals surface area contributed by atoms with Crippen LogP contribution in [0.15, 0.2) is 60.8 Å². The van der Waals surface area contributed by atoms with Crippen LogP contribution in [0.25, 0.3) is 33.2 Å². The van der Waals surface area contributed by atoms with Crippen molar-refractivity contribution in [1.82, 2.24) is 29.8 Å². The number of imidazole rings is 2. The summed E-state index contributed by atoms with van der Waals surface area (Å²) < 4.78 is 7.54. The van der Waals surface area contributed by atoms with E-state index in [2.05, 4.69) is 42.8 Å². The molecule has 0 spiro atoms.